The van der Waals surface area contributed by atoms with Crippen molar-refractivity contribution in [3.05, 3.63) is 74.6 Å². The Morgan fingerprint density at radius 3 is 2.76 bits per heavy atom. The van der Waals surface area contributed by atoms with Gasteiger partial charge in [0.15, 0.2) is 0 Å². The number of carbonyl (C=O) groups is 1. The first-order valence-corrected chi connectivity index (χ1v) is 6.96. The smallest absolute Gasteiger partial charge is 0.302 e. The lowest BCUT2D eigenvalue weighted by Crippen LogP contribution is -2.24. The average molecular weight is 338 g/mol. The largest absolute Gasteiger partial charge is 0.307 e. The summed E-state index contributed by atoms with van der Waals surface area (Å²) >= 11 is 0. The second-order valence-corrected chi connectivity index (χ2v) is 4.85. The minimum atomic E-state index is -0.720. The first kappa shape index (κ1) is 15.9. The second-order valence-electron chi connectivity index (χ2n) is 4.85. The molecule has 1 amide bonds. The van der Waals surface area contributed by atoms with Gasteiger partial charge in [0.2, 0.25) is 5.82 Å². The van der Waals surface area contributed by atoms with E-state index < -0.39 is 16.4 Å². The summed E-state index contributed by atoms with van der Waals surface area (Å²) in [4.78, 5) is 44.3. The van der Waals surface area contributed by atoms with Crippen molar-refractivity contribution in [2.24, 2.45) is 5.10 Å². The Morgan fingerprint density at radius 2 is 2.04 bits per heavy atom. The predicted molar refractivity (Wildman–Crippen MR) is 88.3 cm³/mol. The number of H-pyrrole nitrogens is 1. The zero-order valence-corrected chi connectivity index (χ0v) is 12.5. The predicted octanol–water partition coefficient (Wildman–Crippen LogP) is 0.990. The van der Waals surface area contributed by atoms with Crippen molar-refractivity contribution in [3.8, 4) is 0 Å². The number of benzene rings is 1. The molecule has 3 aromatic rings. The molecule has 2 aromatic heterocycles. The Hall–Kier alpha value is -3.95. The molecule has 124 valence electrons. The number of nitro benzene ring substituents is 1. The number of nitrogens with zero attached hydrogens (tertiary/aromatic N) is 4. The minimum absolute atomic E-state index is 0.0195. The maximum atomic E-state index is 12.0. The highest BCUT2D eigenvalue weighted by Crippen LogP contribution is 2.16. The Labute approximate surface area is 139 Å². The summed E-state index contributed by atoms with van der Waals surface area (Å²) in [5.41, 5.74) is 2.23. The lowest BCUT2D eigenvalue weighted by atomic mass is 10.2. The van der Waals surface area contributed by atoms with Gasteiger partial charge in [-0.1, -0.05) is 0 Å². The molecule has 0 fully saturated rings. The zero-order chi connectivity index (χ0) is 17.8. The lowest BCUT2D eigenvalue weighted by Gasteiger charge is -2.02. The van der Waals surface area contributed by atoms with Gasteiger partial charge in [-0.25, -0.2) is 10.4 Å². The standard InChI is InChI=1S/C15H10N6O4/c22-14-11-7-10(21(24)25)1-2-12(11)18-13(19-14)15(23)20-17-8-9-3-5-16-6-4-9/h1-8H,(H,20,23)(H,18,19,22)/b17-8+. The van der Waals surface area contributed by atoms with Gasteiger partial charge in [0, 0.05) is 24.5 Å². The molecule has 0 spiro atoms. The number of hydrogen-bond donors (Lipinski definition) is 2. The van der Waals surface area contributed by atoms with E-state index >= 15 is 0 Å². The van der Waals surface area contributed by atoms with Gasteiger partial charge in [0.1, 0.15) is 0 Å². The van der Waals surface area contributed by atoms with Gasteiger partial charge in [0.05, 0.1) is 22.0 Å². The average Bonchev–Trinajstić information content (AvgIpc) is 2.62. The zero-order valence-electron chi connectivity index (χ0n) is 12.5. The van der Waals surface area contributed by atoms with Crippen molar-refractivity contribution in [1.82, 2.24) is 20.4 Å². The van der Waals surface area contributed by atoms with Crippen LogP contribution < -0.4 is 11.0 Å². The number of nitrogens with one attached hydrogen (secondary N) is 2. The minimum Gasteiger partial charge on any atom is -0.302 e. The first-order chi connectivity index (χ1) is 12.0. The Kier molecular flexibility index (Phi) is 4.24. The molecule has 10 nitrogen and oxygen atoms in total. The fraction of sp³-hybridized carbons (Fsp3) is 0. The fourth-order valence-corrected chi connectivity index (χ4v) is 2.02. The van der Waals surface area contributed by atoms with Crippen molar-refractivity contribution in [1.29, 1.82) is 0 Å². The van der Waals surface area contributed by atoms with Gasteiger partial charge in [-0.2, -0.15) is 5.10 Å². The van der Waals surface area contributed by atoms with Crippen LogP contribution in [0.5, 0.6) is 0 Å². The molecule has 0 aliphatic carbocycles. The molecule has 0 saturated heterocycles. The molecule has 0 unspecified atom stereocenters. The molecule has 0 aliphatic heterocycles. The summed E-state index contributed by atoms with van der Waals surface area (Å²) in [6.45, 7) is 0. The van der Waals surface area contributed by atoms with Crippen molar-refractivity contribution in [3.63, 3.8) is 0 Å². The van der Waals surface area contributed by atoms with Crippen LogP contribution in [0.2, 0.25) is 0 Å². The normalized spacial score (nSPS) is 10.9. The van der Waals surface area contributed by atoms with Crippen LogP contribution in [-0.2, 0) is 0 Å². The maximum Gasteiger partial charge on any atom is 0.307 e. The van der Waals surface area contributed by atoms with E-state index in [0.717, 1.165) is 11.6 Å². The van der Waals surface area contributed by atoms with E-state index in [1.165, 1.54) is 18.3 Å². The summed E-state index contributed by atoms with van der Waals surface area (Å²) < 4.78 is 0. The number of aromatic amines is 1. The van der Waals surface area contributed by atoms with E-state index in [4.69, 9.17) is 0 Å². The number of nitro groups is 1. The molecule has 0 radical (unpaired) electrons. The van der Waals surface area contributed by atoms with Crippen LogP contribution >= 0.6 is 0 Å². The van der Waals surface area contributed by atoms with Crippen LogP contribution in [0, 0.1) is 10.1 Å². The van der Waals surface area contributed by atoms with Gasteiger partial charge in [-0.15, -0.1) is 0 Å². The molecule has 0 atom stereocenters. The molecule has 10 heteroatoms. The van der Waals surface area contributed by atoms with Gasteiger partial charge >= 0.3 is 5.91 Å². The third kappa shape index (κ3) is 3.52. The van der Waals surface area contributed by atoms with Gasteiger partial charge in [-0.05, 0) is 23.8 Å². The monoisotopic (exact) mass is 338 g/mol. The summed E-state index contributed by atoms with van der Waals surface area (Å²) in [7, 11) is 0. The molecular weight excluding hydrogens is 328 g/mol. The lowest BCUT2D eigenvalue weighted by molar-refractivity contribution is -0.384. The molecule has 2 heterocycles. The number of aromatic nitrogens is 3. The van der Waals surface area contributed by atoms with Gasteiger partial charge < -0.3 is 4.98 Å². The van der Waals surface area contributed by atoms with E-state index in [0.29, 0.717) is 0 Å². The van der Waals surface area contributed by atoms with E-state index in [9.17, 15) is 19.7 Å². The van der Waals surface area contributed by atoms with E-state index in [1.54, 1.807) is 24.5 Å². The fourth-order valence-electron chi connectivity index (χ4n) is 2.02. The SMILES string of the molecule is O=C(N/N=C/c1ccncc1)c1nc2ccc([N+](=O)[O-])cc2c(=O)[nH]1. The van der Waals surface area contributed by atoms with Crippen molar-refractivity contribution in [2.75, 3.05) is 0 Å². The third-order valence-electron chi connectivity index (χ3n) is 3.20. The molecular formula is C15H10N6O4. The highest BCUT2D eigenvalue weighted by molar-refractivity contribution is 5.93. The number of fused-ring (bicyclic) bond motifs is 1. The Morgan fingerprint density at radius 1 is 1.28 bits per heavy atom. The van der Waals surface area contributed by atoms with Crippen LogP contribution in [0.15, 0.2) is 52.6 Å². The quantitative estimate of drug-likeness (QED) is 0.412. The van der Waals surface area contributed by atoms with E-state index in [1.807, 2.05) is 0 Å². The molecule has 25 heavy (non-hydrogen) atoms. The summed E-state index contributed by atoms with van der Waals surface area (Å²) in [5.74, 6) is -0.971. The number of hydrazone groups is 1. The van der Waals surface area contributed by atoms with Crippen molar-refractivity contribution >= 4 is 28.7 Å². The third-order valence-corrected chi connectivity index (χ3v) is 3.20. The van der Waals surface area contributed by atoms with Gasteiger partial charge in [0.25, 0.3) is 11.2 Å². The first-order valence-electron chi connectivity index (χ1n) is 6.96. The molecule has 0 aliphatic rings. The maximum absolute atomic E-state index is 12.0. The van der Waals surface area contributed by atoms with E-state index in [2.05, 4.69) is 25.5 Å². The van der Waals surface area contributed by atoms with Crippen LogP contribution in [0.1, 0.15) is 16.2 Å². The van der Waals surface area contributed by atoms with Crippen LogP contribution in [0.4, 0.5) is 5.69 Å². The summed E-state index contributed by atoms with van der Waals surface area (Å²) in [5, 5.41) is 14.5. The number of pyridine rings is 1. The van der Waals surface area contributed by atoms with Crippen molar-refractivity contribution < 1.29 is 9.72 Å². The summed E-state index contributed by atoms with van der Waals surface area (Å²) in [6.07, 6.45) is 4.55. The Bertz CT molecular complexity index is 1040. The number of non-ortho nitro benzene ring substituents is 1. The second kappa shape index (κ2) is 6.66. The number of rotatable bonds is 4. The molecule has 2 N–H and O–H groups in total. The molecule has 0 bridgehead atoms. The van der Waals surface area contributed by atoms with Crippen LogP contribution in [-0.4, -0.2) is 32.0 Å². The van der Waals surface area contributed by atoms with Crippen LogP contribution in [0.3, 0.4) is 0 Å². The number of carbonyl (C=O) groups excluding carboxylic acids is 1. The number of hydrogen-bond acceptors (Lipinski definition) is 7. The number of amides is 1. The van der Waals surface area contributed by atoms with Gasteiger partial charge in [-0.3, -0.25) is 24.7 Å². The molecule has 1 aromatic carbocycles. The van der Waals surface area contributed by atoms with E-state index in [-0.39, 0.29) is 22.4 Å². The molecule has 0 saturated carbocycles. The molecule has 3 rings (SSSR count). The Balaban J connectivity index is 1.85. The van der Waals surface area contributed by atoms with Crippen molar-refractivity contribution in [2.45, 2.75) is 0 Å². The summed E-state index contributed by atoms with van der Waals surface area (Å²) in [6, 6.07) is 7.00. The van der Waals surface area contributed by atoms with Crippen LogP contribution in [0.25, 0.3) is 10.9 Å². The topological polar surface area (TPSA) is 143 Å². The highest BCUT2D eigenvalue weighted by Gasteiger charge is 2.14. The highest BCUT2D eigenvalue weighted by atomic mass is 16.6.